The van der Waals surface area contributed by atoms with Crippen molar-refractivity contribution in [2.45, 2.75) is 24.3 Å². The molecule has 0 fully saturated rings. The average molecular weight is 300 g/mol. The van der Waals surface area contributed by atoms with E-state index < -0.39 is 15.4 Å². The second kappa shape index (κ2) is 6.23. The van der Waals surface area contributed by atoms with E-state index in [1.807, 2.05) is 0 Å². The lowest BCUT2D eigenvalue weighted by Crippen LogP contribution is -2.49. The van der Waals surface area contributed by atoms with Crippen LogP contribution in [0.3, 0.4) is 0 Å². The number of carbonyl (C=O) groups excluding carboxylic acids is 1. The van der Waals surface area contributed by atoms with Gasteiger partial charge in [-0.3, -0.25) is 4.79 Å². The van der Waals surface area contributed by atoms with Crippen molar-refractivity contribution in [3.63, 3.8) is 0 Å². The number of nitrogens with two attached hydrogens (primary N) is 1. The van der Waals surface area contributed by atoms with Crippen LogP contribution in [0, 0.1) is 0 Å². The lowest BCUT2D eigenvalue weighted by Gasteiger charge is -2.17. The maximum absolute atomic E-state index is 11.5. The van der Waals surface area contributed by atoms with Gasteiger partial charge >= 0.3 is 0 Å². The second-order valence-corrected chi connectivity index (χ2v) is 7.09. The predicted molar refractivity (Wildman–Crippen MR) is 76.3 cm³/mol. The molecule has 0 saturated carbocycles. The SMILES string of the molecule is CC(C)(N)C(=O)NCCOc1ccc(S(C)(=O)=O)cc1. The molecule has 1 aromatic rings. The summed E-state index contributed by atoms with van der Waals surface area (Å²) in [5.41, 5.74) is 4.70. The average Bonchev–Trinajstić information content (AvgIpc) is 2.32. The largest absolute Gasteiger partial charge is 0.492 e. The van der Waals surface area contributed by atoms with Crippen LogP contribution >= 0.6 is 0 Å². The smallest absolute Gasteiger partial charge is 0.239 e. The van der Waals surface area contributed by atoms with Gasteiger partial charge in [0.1, 0.15) is 12.4 Å². The summed E-state index contributed by atoms with van der Waals surface area (Å²) in [6.07, 6.45) is 1.15. The van der Waals surface area contributed by atoms with Crippen LogP contribution in [0.25, 0.3) is 0 Å². The molecule has 0 aliphatic rings. The molecule has 0 aliphatic carbocycles. The summed E-state index contributed by atoms with van der Waals surface area (Å²) in [4.78, 5) is 11.7. The predicted octanol–water partition coefficient (Wildman–Crippen LogP) is 0.322. The number of sulfone groups is 1. The third-order valence-corrected chi connectivity index (χ3v) is 3.62. The molecule has 20 heavy (non-hydrogen) atoms. The van der Waals surface area contributed by atoms with Gasteiger partial charge < -0.3 is 15.8 Å². The van der Waals surface area contributed by atoms with Crippen LogP contribution in [0.15, 0.2) is 29.2 Å². The van der Waals surface area contributed by atoms with Gasteiger partial charge in [-0.05, 0) is 38.1 Å². The summed E-state index contributed by atoms with van der Waals surface area (Å²) < 4.78 is 27.9. The molecule has 1 aromatic carbocycles. The highest BCUT2D eigenvalue weighted by molar-refractivity contribution is 7.90. The van der Waals surface area contributed by atoms with Crippen LogP contribution in [-0.4, -0.2) is 39.3 Å². The van der Waals surface area contributed by atoms with Gasteiger partial charge in [0, 0.05) is 6.26 Å². The lowest BCUT2D eigenvalue weighted by molar-refractivity contribution is -0.125. The molecule has 6 nitrogen and oxygen atoms in total. The van der Waals surface area contributed by atoms with Crippen molar-refractivity contribution in [2.24, 2.45) is 5.73 Å². The first-order valence-corrected chi connectivity index (χ1v) is 8.00. The minimum Gasteiger partial charge on any atom is -0.492 e. The quantitative estimate of drug-likeness (QED) is 0.737. The number of nitrogens with one attached hydrogen (secondary N) is 1. The van der Waals surface area contributed by atoms with Crippen molar-refractivity contribution >= 4 is 15.7 Å². The molecule has 3 N–H and O–H groups in total. The van der Waals surface area contributed by atoms with Gasteiger partial charge in [0.05, 0.1) is 17.0 Å². The van der Waals surface area contributed by atoms with Crippen LogP contribution in [0.1, 0.15) is 13.8 Å². The van der Waals surface area contributed by atoms with Crippen molar-refractivity contribution in [2.75, 3.05) is 19.4 Å². The minimum absolute atomic E-state index is 0.239. The van der Waals surface area contributed by atoms with Crippen molar-refractivity contribution < 1.29 is 17.9 Å². The summed E-state index contributed by atoms with van der Waals surface area (Å²) in [5, 5.41) is 2.64. The normalized spacial score (nSPS) is 12.0. The maximum atomic E-state index is 11.5. The maximum Gasteiger partial charge on any atom is 0.239 e. The summed E-state index contributed by atoms with van der Waals surface area (Å²) >= 11 is 0. The van der Waals surface area contributed by atoms with Crippen LogP contribution < -0.4 is 15.8 Å². The van der Waals surface area contributed by atoms with Gasteiger partial charge in [-0.25, -0.2) is 8.42 Å². The molecule has 0 radical (unpaired) electrons. The second-order valence-electron chi connectivity index (χ2n) is 5.07. The Hall–Kier alpha value is -1.60. The minimum atomic E-state index is -3.20. The Labute approximate surface area is 119 Å². The molecule has 1 rings (SSSR count). The Bertz CT molecular complexity index is 559. The summed E-state index contributed by atoms with van der Waals surface area (Å²) in [6, 6.07) is 6.11. The molecule has 0 unspecified atom stereocenters. The van der Waals surface area contributed by atoms with Gasteiger partial charge in [0.15, 0.2) is 9.84 Å². The topological polar surface area (TPSA) is 98.5 Å². The van der Waals surface area contributed by atoms with Gasteiger partial charge in [0.2, 0.25) is 5.91 Å². The van der Waals surface area contributed by atoms with Crippen molar-refractivity contribution in [1.29, 1.82) is 0 Å². The van der Waals surface area contributed by atoms with Crippen LogP contribution in [0.5, 0.6) is 5.75 Å². The third-order valence-electron chi connectivity index (χ3n) is 2.49. The van der Waals surface area contributed by atoms with Crippen LogP contribution in [-0.2, 0) is 14.6 Å². The van der Waals surface area contributed by atoms with E-state index in [1.54, 1.807) is 26.0 Å². The number of hydrogen-bond donors (Lipinski definition) is 2. The molecule has 1 amide bonds. The third kappa shape index (κ3) is 5.18. The van der Waals surface area contributed by atoms with Crippen LogP contribution in [0.4, 0.5) is 0 Å². The first-order valence-electron chi connectivity index (χ1n) is 6.11. The molecule has 0 atom stereocenters. The van der Waals surface area contributed by atoms with E-state index in [-0.39, 0.29) is 17.4 Å². The monoisotopic (exact) mass is 300 g/mol. The number of carbonyl (C=O) groups is 1. The van der Waals surface area contributed by atoms with E-state index in [4.69, 9.17) is 10.5 Å². The lowest BCUT2D eigenvalue weighted by atomic mass is 10.1. The molecule has 112 valence electrons. The first-order chi connectivity index (χ1) is 9.10. The van der Waals surface area contributed by atoms with E-state index in [9.17, 15) is 13.2 Å². The van der Waals surface area contributed by atoms with Gasteiger partial charge in [-0.2, -0.15) is 0 Å². The van der Waals surface area contributed by atoms with Gasteiger partial charge in [0.25, 0.3) is 0 Å². The number of rotatable bonds is 6. The zero-order valence-electron chi connectivity index (χ0n) is 11.8. The Kier molecular flexibility index (Phi) is 5.13. The van der Waals surface area contributed by atoms with Gasteiger partial charge in [-0.1, -0.05) is 0 Å². The Morgan fingerprint density at radius 3 is 2.30 bits per heavy atom. The highest BCUT2D eigenvalue weighted by Crippen LogP contribution is 2.15. The summed E-state index contributed by atoms with van der Waals surface area (Å²) in [5.74, 6) is 0.284. The van der Waals surface area contributed by atoms with E-state index in [0.717, 1.165) is 6.26 Å². The van der Waals surface area contributed by atoms with E-state index in [2.05, 4.69) is 5.32 Å². The number of benzene rings is 1. The van der Waals surface area contributed by atoms with Crippen molar-refractivity contribution in [1.82, 2.24) is 5.32 Å². The standard InChI is InChI=1S/C13H20N2O4S/c1-13(2,14)12(16)15-8-9-19-10-4-6-11(7-5-10)20(3,17)18/h4-7H,8-9,14H2,1-3H3,(H,15,16). The van der Waals surface area contributed by atoms with Crippen molar-refractivity contribution in [3.8, 4) is 5.75 Å². The van der Waals surface area contributed by atoms with E-state index in [0.29, 0.717) is 12.3 Å². The fourth-order valence-electron chi connectivity index (χ4n) is 1.34. The van der Waals surface area contributed by atoms with Crippen molar-refractivity contribution in [3.05, 3.63) is 24.3 Å². The van der Waals surface area contributed by atoms with E-state index >= 15 is 0 Å². The number of amides is 1. The van der Waals surface area contributed by atoms with Gasteiger partial charge in [-0.15, -0.1) is 0 Å². The molecule has 0 aliphatic heterocycles. The molecular weight excluding hydrogens is 280 g/mol. The van der Waals surface area contributed by atoms with E-state index in [1.165, 1.54) is 12.1 Å². The molecule has 0 heterocycles. The molecular formula is C13H20N2O4S. The molecule has 0 spiro atoms. The zero-order chi connectivity index (χ0) is 15.4. The number of ether oxygens (including phenoxy) is 1. The Balaban J connectivity index is 2.42. The Morgan fingerprint density at radius 2 is 1.85 bits per heavy atom. The fourth-order valence-corrected chi connectivity index (χ4v) is 1.97. The van der Waals surface area contributed by atoms with Crippen LogP contribution in [0.2, 0.25) is 0 Å². The highest BCUT2D eigenvalue weighted by atomic mass is 32.2. The number of hydrogen-bond acceptors (Lipinski definition) is 5. The zero-order valence-corrected chi connectivity index (χ0v) is 12.7. The molecule has 0 aromatic heterocycles. The molecule has 0 bridgehead atoms. The molecule has 7 heteroatoms. The first kappa shape index (κ1) is 16.5. The summed E-state index contributed by atoms with van der Waals surface area (Å²) in [7, 11) is -3.20. The fraction of sp³-hybridized carbons (Fsp3) is 0.462. The highest BCUT2D eigenvalue weighted by Gasteiger charge is 2.20. The molecule has 0 saturated heterocycles. The summed E-state index contributed by atoms with van der Waals surface area (Å²) in [6.45, 7) is 3.84. The Morgan fingerprint density at radius 1 is 1.30 bits per heavy atom.